The minimum atomic E-state index is -0.0242. The summed E-state index contributed by atoms with van der Waals surface area (Å²) in [5.74, 6) is 0.964. The van der Waals surface area contributed by atoms with E-state index >= 15 is 0 Å². The van der Waals surface area contributed by atoms with Gasteiger partial charge >= 0.3 is 0 Å². The van der Waals surface area contributed by atoms with Crippen LogP contribution >= 0.6 is 15.9 Å². The molecule has 4 rings (SSSR count). The number of nitrogens with zero attached hydrogens (tertiary/aromatic N) is 2. The smallest absolute Gasteiger partial charge is 0.138 e. The topological polar surface area (TPSA) is 30.5 Å². The van der Waals surface area contributed by atoms with Gasteiger partial charge in [-0.15, -0.1) is 0 Å². The molecule has 1 atom stereocenters. The van der Waals surface area contributed by atoms with Gasteiger partial charge in [-0.25, -0.2) is 0 Å². The summed E-state index contributed by atoms with van der Waals surface area (Å²) in [4.78, 5) is 2.29. The molecule has 0 radical (unpaired) electrons. The van der Waals surface area contributed by atoms with Gasteiger partial charge in [0.25, 0.3) is 0 Å². The van der Waals surface area contributed by atoms with Crippen LogP contribution in [0.1, 0.15) is 17.6 Å². The number of halogens is 1. The monoisotopic (exact) mass is 372 g/mol. The zero-order chi connectivity index (χ0) is 15.6. The summed E-state index contributed by atoms with van der Waals surface area (Å²) < 4.78 is 14.6. The van der Waals surface area contributed by atoms with Gasteiger partial charge in [0.05, 0.1) is 25.1 Å². The van der Waals surface area contributed by atoms with Crippen LogP contribution in [-0.2, 0) is 11.3 Å². The van der Waals surface area contributed by atoms with E-state index in [1.165, 1.54) is 0 Å². The first-order valence-corrected chi connectivity index (χ1v) is 8.41. The van der Waals surface area contributed by atoms with Crippen molar-refractivity contribution in [1.82, 2.24) is 9.47 Å². The molecule has 1 aromatic carbocycles. The number of hydrogen-bond donors (Lipinski definition) is 0. The second-order valence-electron chi connectivity index (χ2n) is 5.58. The van der Waals surface area contributed by atoms with Crippen LogP contribution in [-0.4, -0.2) is 22.6 Å². The molecule has 23 heavy (non-hydrogen) atoms. The Kier molecular flexibility index (Phi) is 4.08. The Morgan fingerprint density at radius 1 is 1.13 bits per heavy atom. The number of aromatic nitrogens is 1. The van der Waals surface area contributed by atoms with E-state index in [-0.39, 0.29) is 6.23 Å². The van der Waals surface area contributed by atoms with Crippen LogP contribution in [0, 0.1) is 0 Å². The summed E-state index contributed by atoms with van der Waals surface area (Å²) in [5, 5.41) is 0. The average Bonchev–Trinajstić information content (AvgIpc) is 3.28. The van der Waals surface area contributed by atoms with Crippen molar-refractivity contribution in [3.05, 3.63) is 76.9 Å². The van der Waals surface area contributed by atoms with Crippen LogP contribution in [0.25, 0.3) is 5.69 Å². The summed E-state index contributed by atoms with van der Waals surface area (Å²) in [6, 6.07) is 14.2. The van der Waals surface area contributed by atoms with Gasteiger partial charge in [0, 0.05) is 29.0 Å². The van der Waals surface area contributed by atoms with Crippen molar-refractivity contribution in [2.24, 2.45) is 0 Å². The fourth-order valence-electron chi connectivity index (χ4n) is 2.95. The first-order chi connectivity index (χ1) is 11.3. The summed E-state index contributed by atoms with van der Waals surface area (Å²) in [7, 11) is 0. The molecular formula is C18H17BrN2O2. The van der Waals surface area contributed by atoms with Gasteiger partial charge in [0.1, 0.15) is 12.0 Å². The molecule has 0 saturated carbocycles. The number of rotatable bonds is 4. The lowest BCUT2D eigenvalue weighted by Gasteiger charge is -2.21. The van der Waals surface area contributed by atoms with Gasteiger partial charge < -0.3 is 13.7 Å². The van der Waals surface area contributed by atoms with Gasteiger partial charge in [0.15, 0.2) is 0 Å². The van der Waals surface area contributed by atoms with E-state index in [0.29, 0.717) is 0 Å². The SMILES string of the molecule is Brc1ccccc1-n1ccc([C@H]2OCCN2Cc2ccco2)c1. The minimum absolute atomic E-state index is 0.0242. The molecule has 1 aliphatic rings. The van der Waals surface area contributed by atoms with Crippen LogP contribution in [0.5, 0.6) is 0 Å². The van der Waals surface area contributed by atoms with E-state index in [1.807, 2.05) is 30.3 Å². The van der Waals surface area contributed by atoms with Crippen molar-refractivity contribution >= 4 is 15.9 Å². The Hall–Kier alpha value is -1.82. The maximum atomic E-state index is 5.94. The van der Waals surface area contributed by atoms with Gasteiger partial charge in [-0.1, -0.05) is 12.1 Å². The van der Waals surface area contributed by atoms with Crippen LogP contribution in [0.15, 0.2) is 70.0 Å². The minimum Gasteiger partial charge on any atom is -0.468 e. The van der Waals surface area contributed by atoms with Crippen LogP contribution in [0.4, 0.5) is 0 Å². The van der Waals surface area contributed by atoms with E-state index in [4.69, 9.17) is 9.15 Å². The lowest BCUT2D eigenvalue weighted by Crippen LogP contribution is -2.22. The highest BCUT2D eigenvalue weighted by Crippen LogP contribution is 2.30. The standard InChI is InChI=1S/C18H17BrN2O2/c19-16-5-1-2-6-17(16)20-8-7-14(12-20)18-21(9-11-23-18)13-15-4-3-10-22-15/h1-8,10,12,18H,9,11,13H2/t18-/m1/s1. The number of hydrogen-bond acceptors (Lipinski definition) is 3. The highest BCUT2D eigenvalue weighted by atomic mass is 79.9. The molecule has 3 heterocycles. The first-order valence-electron chi connectivity index (χ1n) is 7.62. The molecule has 0 N–H and O–H groups in total. The summed E-state index contributed by atoms with van der Waals surface area (Å²) in [5.41, 5.74) is 2.28. The van der Waals surface area contributed by atoms with Crippen molar-refractivity contribution in [1.29, 1.82) is 0 Å². The third-order valence-corrected chi connectivity index (χ3v) is 4.73. The Labute approximate surface area is 143 Å². The van der Waals surface area contributed by atoms with Crippen LogP contribution in [0.3, 0.4) is 0 Å². The second-order valence-corrected chi connectivity index (χ2v) is 6.43. The molecule has 3 aromatic rings. The van der Waals surface area contributed by atoms with Crippen molar-refractivity contribution in [3.8, 4) is 5.69 Å². The maximum absolute atomic E-state index is 5.94. The molecule has 1 aliphatic heterocycles. The molecule has 0 spiro atoms. The van der Waals surface area contributed by atoms with Crippen molar-refractivity contribution in [2.75, 3.05) is 13.2 Å². The highest BCUT2D eigenvalue weighted by molar-refractivity contribution is 9.10. The lowest BCUT2D eigenvalue weighted by atomic mass is 10.2. The molecule has 0 aliphatic carbocycles. The van der Waals surface area contributed by atoms with Gasteiger partial charge in [-0.3, -0.25) is 4.90 Å². The molecule has 1 fully saturated rings. The number of para-hydroxylation sites is 1. The van der Waals surface area contributed by atoms with Gasteiger partial charge in [0.2, 0.25) is 0 Å². The van der Waals surface area contributed by atoms with Gasteiger partial charge in [-0.2, -0.15) is 0 Å². The van der Waals surface area contributed by atoms with Crippen LogP contribution < -0.4 is 0 Å². The summed E-state index contributed by atoms with van der Waals surface area (Å²) in [6.07, 6.45) is 5.89. The second kappa shape index (κ2) is 6.35. The van der Waals surface area contributed by atoms with Crippen molar-refractivity contribution < 1.29 is 9.15 Å². The zero-order valence-corrected chi connectivity index (χ0v) is 14.1. The Bertz CT molecular complexity index is 782. The largest absolute Gasteiger partial charge is 0.468 e. The predicted octanol–water partition coefficient (Wildman–Crippen LogP) is 4.36. The number of benzene rings is 1. The molecule has 5 heteroatoms. The van der Waals surface area contributed by atoms with E-state index < -0.39 is 0 Å². The summed E-state index contributed by atoms with van der Waals surface area (Å²) >= 11 is 3.60. The van der Waals surface area contributed by atoms with Crippen LogP contribution in [0.2, 0.25) is 0 Å². The fraction of sp³-hybridized carbons (Fsp3) is 0.222. The lowest BCUT2D eigenvalue weighted by molar-refractivity contribution is 0.0258. The van der Waals surface area contributed by atoms with E-state index in [9.17, 15) is 0 Å². The molecule has 2 aromatic heterocycles. The molecular weight excluding hydrogens is 356 g/mol. The fourth-order valence-corrected chi connectivity index (χ4v) is 3.44. The van der Waals surface area contributed by atoms with E-state index in [2.05, 4.69) is 49.9 Å². The quantitative estimate of drug-likeness (QED) is 0.681. The Balaban J connectivity index is 1.57. The van der Waals surface area contributed by atoms with E-state index in [0.717, 1.165) is 41.2 Å². The highest BCUT2D eigenvalue weighted by Gasteiger charge is 2.28. The third kappa shape index (κ3) is 3.00. The van der Waals surface area contributed by atoms with Crippen molar-refractivity contribution in [2.45, 2.75) is 12.8 Å². The number of furan rings is 1. The molecule has 0 amide bonds. The predicted molar refractivity (Wildman–Crippen MR) is 91.3 cm³/mol. The molecule has 0 unspecified atom stereocenters. The third-order valence-electron chi connectivity index (χ3n) is 4.06. The normalized spacial score (nSPS) is 18.6. The van der Waals surface area contributed by atoms with Crippen molar-refractivity contribution in [3.63, 3.8) is 0 Å². The van der Waals surface area contributed by atoms with Gasteiger partial charge in [-0.05, 0) is 46.3 Å². The summed E-state index contributed by atoms with van der Waals surface area (Å²) in [6.45, 7) is 2.41. The Morgan fingerprint density at radius 2 is 2.04 bits per heavy atom. The first kappa shape index (κ1) is 14.8. The molecule has 4 nitrogen and oxygen atoms in total. The number of ether oxygens (including phenoxy) is 1. The Morgan fingerprint density at radius 3 is 2.87 bits per heavy atom. The molecule has 0 bridgehead atoms. The maximum Gasteiger partial charge on any atom is 0.138 e. The molecule has 1 saturated heterocycles. The average molecular weight is 373 g/mol. The molecule has 118 valence electrons. The van der Waals surface area contributed by atoms with E-state index in [1.54, 1.807) is 6.26 Å². The zero-order valence-electron chi connectivity index (χ0n) is 12.6.